The first-order valence-corrected chi connectivity index (χ1v) is 10.9. The number of hydrazone groups is 1. The van der Waals surface area contributed by atoms with Gasteiger partial charge in [0.05, 0.1) is 18.9 Å². The summed E-state index contributed by atoms with van der Waals surface area (Å²) >= 11 is 0. The average molecular weight is 469 g/mol. The molecule has 0 aromatic heterocycles. The number of methoxy groups -OCH3 is 1. The standard InChI is InChI=1S/C28H24N2O5/c1-19-7-12-23(13-8-19)34-18-27(31)30-29-17-25-24-6-4-3-5-20(24)11-16-26(25)35-28(32)21-9-14-22(33-2)15-10-21/h3-17H,18H2,1-2H3,(H,30,31)/b29-17-. The van der Waals surface area contributed by atoms with Crippen LogP contribution in [0.4, 0.5) is 0 Å². The third-order valence-electron chi connectivity index (χ3n) is 5.23. The van der Waals surface area contributed by atoms with Gasteiger partial charge in [-0.25, -0.2) is 10.2 Å². The van der Waals surface area contributed by atoms with Crippen LogP contribution in [-0.4, -0.2) is 31.8 Å². The van der Waals surface area contributed by atoms with Gasteiger partial charge in [0.1, 0.15) is 17.2 Å². The zero-order valence-electron chi connectivity index (χ0n) is 19.4. The van der Waals surface area contributed by atoms with Crippen molar-refractivity contribution in [3.8, 4) is 17.2 Å². The van der Waals surface area contributed by atoms with E-state index >= 15 is 0 Å². The van der Waals surface area contributed by atoms with Crippen molar-refractivity contribution >= 4 is 28.9 Å². The number of hydrogen-bond donors (Lipinski definition) is 1. The lowest BCUT2D eigenvalue weighted by Crippen LogP contribution is -2.24. The van der Waals surface area contributed by atoms with Gasteiger partial charge in [0.15, 0.2) is 6.61 Å². The molecule has 35 heavy (non-hydrogen) atoms. The number of ether oxygens (including phenoxy) is 3. The number of carbonyl (C=O) groups excluding carboxylic acids is 2. The van der Waals surface area contributed by atoms with Gasteiger partial charge in [0, 0.05) is 5.56 Å². The molecule has 4 aromatic rings. The summed E-state index contributed by atoms with van der Waals surface area (Å²) in [7, 11) is 1.56. The highest BCUT2D eigenvalue weighted by atomic mass is 16.5. The summed E-state index contributed by atoms with van der Waals surface area (Å²) < 4.78 is 16.3. The molecule has 0 unspecified atom stereocenters. The van der Waals surface area contributed by atoms with Crippen LogP contribution in [0, 0.1) is 6.92 Å². The van der Waals surface area contributed by atoms with Crippen molar-refractivity contribution in [3.05, 3.63) is 102 Å². The topological polar surface area (TPSA) is 86.2 Å². The molecule has 176 valence electrons. The number of rotatable bonds is 8. The molecule has 0 aliphatic carbocycles. The minimum atomic E-state index is -0.520. The number of aryl methyl sites for hydroxylation is 1. The second kappa shape index (κ2) is 11.0. The van der Waals surface area contributed by atoms with Crippen molar-refractivity contribution in [2.75, 3.05) is 13.7 Å². The van der Waals surface area contributed by atoms with E-state index in [1.165, 1.54) is 6.21 Å². The van der Waals surface area contributed by atoms with E-state index in [-0.39, 0.29) is 6.61 Å². The first-order chi connectivity index (χ1) is 17.0. The summed E-state index contributed by atoms with van der Waals surface area (Å²) in [6.45, 7) is 1.79. The number of esters is 1. The fourth-order valence-electron chi connectivity index (χ4n) is 3.37. The fraction of sp³-hybridized carbons (Fsp3) is 0.107. The van der Waals surface area contributed by atoms with Crippen LogP contribution in [-0.2, 0) is 4.79 Å². The molecule has 0 spiro atoms. The van der Waals surface area contributed by atoms with E-state index < -0.39 is 11.9 Å². The Kier molecular flexibility index (Phi) is 7.37. The molecule has 0 aliphatic rings. The molecule has 0 heterocycles. The zero-order valence-corrected chi connectivity index (χ0v) is 19.4. The van der Waals surface area contributed by atoms with Crippen molar-refractivity contribution in [1.29, 1.82) is 0 Å². The Balaban J connectivity index is 1.49. The maximum absolute atomic E-state index is 12.7. The molecule has 0 saturated carbocycles. The minimum absolute atomic E-state index is 0.185. The van der Waals surface area contributed by atoms with Gasteiger partial charge in [0.2, 0.25) is 0 Å². The molecular formula is C28H24N2O5. The van der Waals surface area contributed by atoms with Crippen molar-refractivity contribution in [2.45, 2.75) is 6.92 Å². The largest absolute Gasteiger partial charge is 0.497 e. The van der Waals surface area contributed by atoms with Gasteiger partial charge in [-0.3, -0.25) is 4.79 Å². The molecule has 1 amide bonds. The number of carbonyl (C=O) groups is 2. The molecule has 0 aliphatic heterocycles. The first kappa shape index (κ1) is 23.5. The summed E-state index contributed by atoms with van der Waals surface area (Å²) in [5, 5.41) is 5.83. The molecule has 4 rings (SSSR count). The number of hydrogen-bond acceptors (Lipinski definition) is 6. The molecule has 0 fully saturated rings. The van der Waals surface area contributed by atoms with Gasteiger partial charge in [-0.15, -0.1) is 0 Å². The summed E-state index contributed by atoms with van der Waals surface area (Å²) in [5.74, 6) is 0.615. The number of benzene rings is 4. The van der Waals surface area contributed by atoms with Gasteiger partial charge >= 0.3 is 5.97 Å². The molecule has 1 N–H and O–H groups in total. The van der Waals surface area contributed by atoms with Crippen molar-refractivity contribution < 1.29 is 23.8 Å². The average Bonchev–Trinajstić information content (AvgIpc) is 2.89. The SMILES string of the molecule is COc1ccc(C(=O)Oc2ccc3ccccc3c2/C=N\NC(=O)COc2ccc(C)cc2)cc1. The molecule has 7 heteroatoms. The van der Waals surface area contributed by atoms with Crippen molar-refractivity contribution in [2.24, 2.45) is 5.10 Å². The predicted octanol–water partition coefficient (Wildman–Crippen LogP) is 4.91. The van der Waals surface area contributed by atoms with Crippen LogP contribution in [0.25, 0.3) is 10.8 Å². The second-order valence-electron chi connectivity index (χ2n) is 7.71. The molecule has 0 radical (unpaired) electrons. The molecular weight excluding hydrogens is 444 g/mol. The Morgan fingerprint density at radius 1 is 0.886 bits per heavy atom. The second-order valence-corrected chi connectivity index (χ2v) is 7.71. The summed E-state index contributed by atoms with van der Waals surface area (Å²) in [6, 6.07) is 25.2. The lowest BCUT2D eigenvalue weighted by molar-refractivity contribution is -0.123. The molecule has 0 atom stereocenters. The van der Waals surface area contributed by atoms with Gasteiger partial charge in [-0.1, -0.05) is 48.0 Å². The molecule has 0 saturated heterocycles. The zero-order chi connectivity index (χ0) is 24.6. The maximum atomic E-state index is 12.7. The maximum Gasteiger partial charge on any atom is 0.343 e. The van der Waals surface area contributed by atoms with E-state index in [0.717, 1.165) is 16.3 Å². The van der Waals surface area contributed by atoms with Crippen LogP contribution in [0.1, 0.15) is 21.5 Å². The van der Waals surface area contributed by atoms with E-state index in [1.807, 2.05) is 49.4 Å². The third-order valence-corrected chi connectivity index (χ3v) is 5.23. The highest BCUT2D eigenvalue weighted by Crippen LogP contribution is 2.27. The predicted molar refractivity (Wildman–Crippen MR) is 134 cm³/mol. The van der Waals surface area contributed by atoms with Crippen LogP contribution in [0.3, 0.4) is 0 Å². The lowest BCUT2D eigenvalue weighted by atomic mass is 10.0. The molecule has 4 aromatic carbocycles. The van der Waals surface area contributed by atoms with E-state index in [9.17, 15) is 9.59 Å². The number of nitrogens with one attached hydrogen (secondary N) is 1. The Labute approximate surface area is 202 Å². The highest BCUT2D eigenvalue weighted by Gasteiger charge is 2.14. The number of nitrogens with zero attached hydrogens (tertiary/aromatic N) is 1. The normalized spacial score (nSPS) is 10.8. The van der Waals surface area contributed by atoms with E-state index in [4.69, 9.17) is 14.2 Å². The van der Waals surface area contributed by atoms with Gasteiger partial charge in [-0.2, -0.15) is 5.10 Å². The monoisotopic (exact) mass is 468 g/mol. The van der Waals surface area contributed by atoms with Gasteiger partial charge < -0.3 is 14.2 Å². The van der Waals surface area contributed by atoms with Crippen LogP contribution in [0.2, 0.25) is 0 Å². The molecule has 0 bridgehead atoms. The first-order valence-electron chi connectivity index (χ1n) is 10.9. The fourth-order valence-corrected chi connectivity index (χ4v) is 3.37. The Morgan fingerprint density at radius 3 is 2.34 bits per heavy atom. The number of amides is 1. The molecule has 7 nitrogen and oxygen atoms in total. The summed E-state index contributed by atoms with van der Waals surface area (Å²) in [4.78, 5) is 24.9. The quantitative estimate of drug-likeness (QED) is 0.172. The third kappa shape index (κ3) is 6.03. The van der Waals surface area contributed by atoms with Crippen LogP contribution >= 0.6 is 0 Å². The Hall–Kier alpha value is -4.65. The minimum Gasteiger partial charge on any atom is -0.497 e. The smallest absolute Gasteiger partial charge is 0.343 e. The lowest BCUT2D eigenvalue weighted by Gasteiger charge is -2.11. The van der Waals surface area contributed by atoms with Gasteiger partial charge in [-0.05, 0) is 60.2 Å². The van der Waals surface area contributed by atoms with E-state index in [1.54, 1.807) is 49.6 Å². The summed E-state index contributed by atoms with van der Waals surface area (Å²) in [5.41, 5.74) is 4.49. The van der Waals surface area contributed by atoms with Crippen LogP contribution in [0.5, 0.6) is 17.2 Å². The Bertz CT molecular complexity index is 1360. The van der Waals surface area contributed by atoms with E-state index in [2.05, 4.69) is 10.5 Å². The summed E-state index contributed by atoms with van der Waals surface area (Å²) in [6.07, 6.45) is 1.46. The number of fused-ring (bicyclic) bond motifs is 1. The van der Waals surface area contributed by atoms with Crippen molar-refractivity contribution in [3.63, 3.8) is 0 Å². The van der Waals surface area contributed by atoms with Crippen LogP contribution < -0.4 is 19.6 Å². The van der Waals surface area contributed by atoms with E-state index in [0.29, 0.717) is 28.4 Å². The Morgan fingerprint density at radius 2 is 1.60 bits per heavy atom. The van der Waals surface area contributed by atoms with Crippen LogP contribution in [0.15, 0.2) is 90.0 Å². The van der Waals surface area contributed by atoms with Gasteiger partial charge in [0.25, 0.3) is 5.91 Å². The van der Waals surface area contributed by atoms with Crippen molar-refractivity contribution in [1.82, 2.24) is 5.43 Å². The highest BCUT2D eigenvalue weighted by molar-refractivity contribution is 6.04.